The molecule has 3 aromatic rings. The maximum Gasteiger partial charge on any atom is 0.338 e. The summed E-state index contributed by atoms with van der Waals surface area (Å²) >= 11 is 0. The van der Waals surface area contributed by atoms with Gasteiger partial charge in [-0.25, -0.2) is 9.78 Å². The largest absolute Gasteiger partial charge is 0.465 e. The number of aromatic nitrogens is 2. The molecular formula is C26H30N2O4. The minimum Gasteiger partial charge on any atom is -0.465 e. The number of imidazole rings is 1. The number of aryl methyl sites for hydroxylation is 1. The highest BCUT2D eigenvalue weighted by Gasteiger charge is 2.30. The van der Waals surface area contributed by atoms with Crippen LogP contribution >= 0.6 is 0 Å². The first-order chi connectivity index (χ1) is 15.6. The first kappa shape index (κ1) is 23.3. The van der Waals surface area contributed by atoms with Gasteiger partial charge in [0, 0.05) is 31.3 Å². The van der Waals surface area contributed by atoms with E-state index in [0.29, 0.717) is 31.4 Å². The third kappa shape index (κ3) is 6.54. The van der Waals surface area contributed by atoms with Gasteiger partial charge in [0.25, 0.3) is 0 Å². The van der Waals surface area contributed by atoms with Crippen LogP contribution in [0.1, 0.15) is 35.0 Å². The lowest BCUT2D eigenvalue weighted by Gasteiger charge is -2.25. The van der Waals surface area contributed by atoms with Crippen LogP contribution in [0.2, 0.25) is 0 Å². The maximum atomic E-state index is 12.9. The Morgan fingerprint density at radius 2 is 1.69 bits per heavy atom. The molecule has 1 aromatic heterocycles. The van der Waals surface area contributed by atoms with Crippen molar-refractivity contribution >= 4 is 11.9 Å². The second-order valence-corrected chi connectivity index (χ2v) is 7.84. The molecular weight excluding hydrogens is 404 g/mol. The van der Waals surface area contributed by atoms with Gasteiger partial charge in [-0.3, -0.25) is 4.79 Å². The van der Waals surface area contributed by atoms with Gasteiger partial charge in [-0.15, -0.1) is 0 Å². The summed E-state index contributed by atoms with van der Waals surface area (Å²) in [6.07, 6.45) is 5.32. The Morgan fingerprint density at radius 3 is 2.31 bits per heavy atom. The van der Waals surface area contributed by atoms with Crippen LogP contribution in [0.15, 0.2) is 73.2 Å². The summed E-state index contributed by atoms with van der Waals surface area (Å²) in [5, 5.41) is 0. The SMILES string of the molecule is CCC(C(=O)OCCc1ccccc1)C(COC(=O)c1ccccc1)Cc1cncn1C. The van der Waals surface area contributed by atoms with E-state index in [9.17, 15) is 9.59 Å². The Kier molecular flexibility index (Phi) is 8.61. The lowest BCUT2D eigenvalue weighted by atomic mass is 9.87. The number of rotatable bonds is 11. The number of carbonyl (C=O) groups is 2. The van der Waals surface area contributed by atoms with Gasteiger partial charge in [0.2, 0.25) is 0 Å². The fourth-order valence-electron chi connectivity index (χ4n) is 3.72. The second-order valence-electron chi connectivity index (χ2n) is 7.84. The molecule has 0 saturated heterocycles. The molecule has 1 heterocycles. The van der Waals surface area contributed by atoms with Crippen molar-refractivity contribution in [2.75, 3.05) is 13.2 Å². The number of nitrogens with zero attached hydrogens (tertiary/aromatic N) is 2. The van der Waals surface area contributed by atoms with E-state index < -0.39 is 5.97 Å². The van der Waals surface area contributed by atoms with Crippen LogP contribution in [0.5, 0.6) is 0 Å². The molecule has 0 fully saturated rings. The van der Waals surface area contributed by atoms with Crippen LogP contribution in [0.4, 0.5) is 0 Å². The average molecular weight is 435 g/mol. The van der Waals surface area contributed by atoms with Gasteiger partial charge in [0.1, 0.15) is 0 Å². The van der Waals surface area contributed by atoms with Crippen molar-refractivity contribution in [2.45, 2.75) is 26.2 Å². The average Bonchev–Trinajstić information content (AvgIpc) is 3.23. The highest BCUT2D eigenvalue weighted by Crippen LogP contribution is 2.23. The first-order valence-electron chi connectivity index (χ1n) is 11.0. The maximum absolute atomic E-state index is 12.9. The molecule has 0 bridgehead atoms. The second kappa shape index (κ2) is 11.8. The van der Waals surface area contributed by atoms with Gasteiger partial charge >= 0.3 is 11.9 Å². The molecule has 32 heavy (non-hydrogen) atoms. The van der Waals surface area contributed by atoms with E-state index in [1.807, 2.05) is 54.9 Å². The van der Waals surface area contributed by atoms with Crippen molar-refractivity contribution in [1.29, 1.82) is 0 Å². The third-order valence-electron chi connectivity index (χ3n) is 5.62. The van der Waals surface area contributed by atoms with Crippen LogP contribution in [0, 0.1) is 11.8 Å². The highest BCUT2D eigenvalue weighted by atomic mass is 16.5. The Balaban J connectivity index is 1.65. The Morgan fingerprint density at radius 1 is 1.00 bits per heavy atom. The lowest BCUT2D eigenvalue weighted by Crippen LogP contribution is -2.32. The van der Waals surface area contributed by atoms with Gasteiger partial charge in [-0.1, -0.05) is 55.5 Å². The van der Waals surface area contributed by atoms with Gasteiger partial charge in [-0.05, 0) is 30.5 Å². The zero-order chi connectivity index (χ0) is 22.8. The number of carbonyl (C=O) groups excluding carboxylic acids is 2. The summed E-state index contributed by atoms with van der Waals surface area (Å²) in [7, 11) is 1.91. The van der Waals surface area contributed by atoms with E-state index in [4.69, 9.17) is 9.47 Å². The monoisotopic (exact) mass is 434 g/mol. The Labute approximate surface area is 189 Å². The van der Waals surface area contributed by atoms with Crippen molar-refractivity contribution in [3.05, 3.63) is 90.0 Å². The van der Waals surface area contributed by atoms with Crippen LogP contribution in [0.3, 0.4) is 0 Å². The summed E-state index contributed by atoms with van der Waals surface area (Å²) in [5.74, 6) is -1.25. The third-order valence-corrected chi connectivity index (χ3v) is 5.62. The molecule has 6 nitrogen and oxygen atoms in total. The predicted molar refractivity (Wildman–Crippen MR) is 122 cm³/mol. The molecule has 0 radical (unpaired) electrons. The summed E-state index contributed by atoms with van der Waals surface area (Å²) in [4.78, 5) is 29.6. The number of hydrogen-bond acceptors (Lipinski definition) is 5. The molecule has 3 rings (SSSR count). The predicted octanol–water partition coefficient (Wildman–Crippen LogP) is 4.25. The fourth-order valence-corrected chi connectivity index (χ4v) is 3.72. The summed E-state index contributed by atoms with van der Waals surface area (Å²) in [5.41, 5.74) is 2.59. The zero-order valence-electron chi connectivity index (χ0n) is 18.6. The van der Waals surface area contributed by atoms with E-state index in [-0.39, 0.29) is 24.4 Å². The lowest BCUT2D eigenvalue weighted by molar-refractivity contribution is -0.151. The van der Waals surface area contributed by atoms with E-state index in [0.717, 1.165) is 11.3 Å². The fraction of sp³-hybridized carbons (Fsp3) is 0.346. The van der Waals surface area contributed by atoms with Crippen molar-refractivity contribution in [3.63, 3.8) is 0 Å². The van der Waals surface area contributed by atoms with E-state index >= 15 is 0 Å². The molecule has 168 valence electrons. The number of ether oxygens (including phenoxy) is 2. The van der Waals surface area contributed by atoms with Gasteiger partial charge < -0.3 is 14.0 Å². The number of hydrogen-bond donors (Lipinski definition) is 0. The van der Waals surface area contributed by atoms with Crippen molar-refractivity contribution in [2.24, 2.45) is 18.9 Å². The molecule has 0 N–H and O–H groups in total. The first-order valence-corrected chi connectivity index (χ1v) is 11.0. The molecule has 6 heteroatoms. The smallest absolute Gasteiger partial charge is 0.338 e. The van der Waals surface area contributed by atoms with E-state index in [2.05, 4.69) is 4.98 Å². The quantitative estimate of drug-likeness (QED) is 0.422. The molecule has 0 spiro atoms. The Hall–Kier alpha value is -3.41. The van der Waals surface area contributed by atoms with Gasteiger partial charge in [0.15, 0.2) is 0 Å². The molecule has 0 aliphatic rings. The number of esters is 2. The molecule has 0 saturated carbocycles. The minimum atomic E-state index is -0.395. The minimum absolute atomic E-state index is 0.130. The van der Waals surface area contributed by atoms with Crippen molar-refractivity contribution < 1.29 is 19.1 Å². The zero-order valence-corrected chi connectivity index (χ0v) is 18.6. The summed E-state index contributed by atoms with van der Waals surface area (Å²) < 4.78 is 13.1. The molecule has 2 aromatic carbocycles. The van der Waals surface area contributed by atoms with E-state index in [1.165, 1.54) is 0 Å². The van der Waals surface area contributed by atoms with Crippen molar-refractivity contribution in [3.8, 4) is 0 Å². The normalized spacial score (nSPS) is 12.7. The molecule has 0 aliphatic carbocycles. The van der Waals surface area contributed by atoms with Crippen LogP contribution in [-0.2, 0) is 34.2 Å². The molecule has 2 unspecified atom stereocenters. The highest BCUT2D eigenvalue weighted by molar-refractivity contribution is 5.89. The molecule has 2 atom stereocenters. The Bertz CT molecular complexity index is 985. The van der Waals surface area contributed by atoms with Crippen LogP contribution in [-0.4, -0.2) is 34.7 Å². The topological polar surface area (TPSA) is 70.4 Å². The van der Waals surface area contributed by atoms with E-state index in [1.54, 1.807) is 36.8 Å². The van der Waals surface area contributed by atoms with Crippen LogP contribution in [0.25, 0.3) is 0 Å². The van der Waals surface area contributed by atoms with Gasteiger partial charge in [0.05, 0.1) is 31.0 Å². The van der Waals surface area contributed by atoms with Crippen molar-refractivity contribution in [1.82, 2.24) is 9.55 Å². The van der Waals surface area contributed by atoms with Gasteiger partial charge in [-0.2, -0.15) is 0 Å². The summed E-state index contributed by atoms with van der Waals surface area (Å²) in [6, 6.07) is 18.8. The standard InChI is InChI=1S/C26H30N2O4/c1-3-24(26(30)31-15-14-20-10-6-4-7-11-20)22(16-23-17-27-19-28(23)2)18-32-25(29)21-12-8-5-9-13-21/h4-13,17,19,22,24H,3,14-16,18H2,1-2H3. The van der Waals surface area contributed by atoms with Crippen LogP contribution < -0.4 is 0 Å². The molecule has 0 aliphatic heterocycles. The number of benzene rings is 2. The molecule has 0 amide bonds. The summed E-state index contributed by atoms with van der Waals surface area (Å²) in [6.45, 7) is 2.41.